The summed E-state index contributed by atoms with van der Waals surface area (Å²) in [7, 11) is 1.41. The number of rotatable bonds is 3. The summed E-state index contributed by atoms with van der Waals surface area (Å²) in [4.78, 5) is 10.7. The predicted octanol–water partition coefficient (Wildman–Crippen LogP) is 0.352. The molecule has 68 valence electrons. The average Bonchev–Trinajstić information content (AvgIpc) is 2.37. The lowest BCUT2D eigenvalue weighted by molar-refractivity contribution is -0.153. The minimum absolute atomic E-state index is 0.499. The van der Waals surface area contributed by atoms with Crippen LogP contribution in [0.1, 0.15) is 13.3 Å². The van der Waals surface area contributed by atoms with Gasteiger partial charge >= 0.3 is 5.97 Å². The first-order valence-electron chi connectivity index (χ1n) is 3.78. The van der Waals surface area contributed by atoms with Crippen molar-refractivity contribution in [3.63, 3.8) is 0 Å². The number of carboxylic acid groups (broad SMARTS) is 1. The number of hydrogen-bond acceptors (Lipinski definition) is 3. The van der Waals surface area contributed by atoms with Crippen molar-refractivity contribution in [2.24, 2.45) is 0 Å². The van der Waals surface area contributed by atoms with Gasteiger partial charge in [0.2, 0.25) is 0 Å². The van der Waals surface area contributed by atoms with Crippen molar-refractivity contribution in [2.45, 2.75) is 25.0 Å². The number of hydrogen-bond donors (Lipinski definition) is 2. The van der Waals surface area contributed by atoms with Gasteiger partial charge in [-0.2, -0.15) is 0 Å². The molecule has 0 bridgehead atoms. The molecule has 0 amide bonds. The Morgan fingerprint density at radius 3 is 2.83 bits per heavy atom. The molecule has 0 fully saturated rings. The van der Waals surface area contributed by atoms with E-state index >= 15 is 0 Å². The van der Waals surface area contributed by atoms with Crippen molar-refractivity contribution in [2.75, 3.05) is 7.11 Å². The minimum Gasteiger partial charge on any atom is -0.479 e. The molecule has 0 aromatic rings. The second-order valence-corrected chi connectivity index (χ2v) is 3.12. The Labute approximate surface area is 71.2 Å². The molecule has 12 heavy (non-hydrogen) atoms. The van der Waals surface area contributed by atoms with Gasteiger partial charge in [0.05, 0.1) is 5.54 Å². The highest BCUT2D eigenvalue weighted by Crippen LogP contribution is 2.22. The van der Waals surface area contributed by atoms with E-state index in [1.54, 1.807) is 6.20 Å². The fourth-order valence-electron chi connectivity index (χ4n) is 1.43. The summed E-state index contributed by atoms with van der Waals surface area (Å²) in [6, 6.07) is 0. The Bertz CT molecular complexity index is 204. The van der Waals surface area contributed by atoms with Crippen LogP contribution in [-0.2, 0) is 9.53 Å². The zero-order valence-electron chi connectivity index (χ0n) is 7.20. The molecule has 0 aromatic heterocycles. The maximum atomic E-state index is 10.7. The quantitative estimate of drug-likeness (QED) is 0.643. The van der Waals surface area contributed by atoms with Crippen LogP contribution >= 0.6 is 0 Å². The van der Waals surface area contributed by atoms with Gasteiger partial charge in [-0.15, -0.1) is 0 Å². The number of carboxylic acids is 1. The molecule has 2 N–H and O–H groups in total. The summed E-state index contributed by atoms with van der Waals surface area (Å²) >= 11 is 0. The highest BCUT2D eigenvalue weighted by Gasteiger charge is 2.39. The van der Waals surface area contributed by atoms with Crippen LogP contribution in [0.2, 0.25) is 0 Å². The van der Waals surface area contributed by atoms with Gasteiger partial charge in [-0.1, -0.05) is 6.08 Å². The zero-order chi connectivity index (χ0) is 9.19. The SMILES string of the molecule is CO[C@@H](C(=O)O)C1(C)CC=CN1. The Morgan fingerprint density at radius 1 is 1.83 bits per heavy atom. The molecule has 0 spiro atoms. The zero-order valence-corrected chi connectivity index (χ0v) is 7.20. The summed E-state index contributed by atoms with van der Waals surface area (Å²) in [6.45, 7) is 1.83. The topological polar surface area (TPSA) is 58.6 Å². The average molecular weight is 171 g/mol. The predicted molar refractivity (Wildman–Crippen MR) is 43.7 cm³/mol. The molecule has 1 aliphatic rings. The normalized spacial score (nSPS) is 29.8. The number of methoxy groups -OCH3 is 1. The fourth-order valence-corrected chi connectivity index (χ4v) is 1.43. The second-order valence-electron chi connectivity index (χ2n) is 3.12. The summed E-state index contributed by atoms with van der Waals surface area (Å²) in [5.41, 5.74) is -0.499. The van der Waals surface area contributed by atoms with Crippen LogP contribution in [0.3, 0.4) is 0 Å². The first-order valence-corrected chi connectivity index (χ1v) is 3.78. The van der Waals surface area contributed by atoms with Crippen LogP contribution in [-0.4, -0.2) is 29.8 Å². The van der Waals surface area contributed by atoms with E-state index < -0.39 is 17.6 Å². The standard InChI is InChI=1S/C8H13NO3/c1-8(4-3-5-9-8)6(12-2)7(10)11/h3,5-6,9H,4H2,1-2H3,(H,10,11)/t6-,8?/m0/s1. The smallest absolute Gasteiger partial charge is 0.335 e. The van der Waals surface area contributed by atoms with Crippen LogP contribution < -0.4 is 5.32 Å². The van der Waals surface area contributed by atoms with E-state index in [2.05, 4.69) is 5.32 Å². The van der Waals surface area contributed by atoms with Crippen LogP contribution in [0, 0.1) is 0 Å². The third-order valence-corrected chi connectivity index (χ3v) is 2.11. The summed E-state index contributed by atoms with van der Waals surface area (Å²) in [6.07, 6.45) is 3.54. The second kappa shape index (κ2) is 3.15. The Hall–Kier alpha value is -1.03. The Kier molecular flexibility index (Phi) is 2.38. The first-order chi connectivity index (χ1) is 5.60. The molecule has 0 aromatic carbocycles. The lowest BCUT2D eigenvalue weighted by atomic mass is 9.93. The lowest BCUT2D eigenvalue weighted by Crippen LogP contribution is -2.52. The van der Waals surface area contributed by atoms with E-state index in [4.69, 9.17) is 9.84 Å². The molecule has 0 aliphatic carbocycles. The highest BCUT2D eigenvalue weighted by atomic mass is 16.5. The van der Waals surface area contributed by atoms with Crippen LogP contribution in [0.5, 0.6) is 0 Å². The van der Waals surface area contributed by atoms with Gasteiger partial charge in [-0.25, -0.2) is 4.79 Å². The maximum Gasteiger partial charge on any atom is 0.335 e. The van der Waals surface area contributed by atoms with E-state index in [1.165, 1.54) is 7.11 Å². The van der Waals surface area contributed by atoms with E-state index in [-0.39, 0.29) is 0 Å². The summed E-state index contributed by atoms with van der Waals surface area (Å²) in [5.74, 6) is -0.934. The van der Waals surface area contributed by atoms with Gasteiger partial charge < -0.3 is 15.2 Å². The number of carbonyl (C=O) groups is 1. The largest absolute Gasteiger partial charge is 0.479 e. The number of aliphatic carboxylic acids is 1. The third-order valence-electron chi connectivity index (χ3n) is 2.11. The Morgan fingerprint density at radius 2 is 2.50 bits per heavy atom. The molecular weight excluding hydrogens is 158 g/mol. The van der Waals surface area contributed by atoms with E-state index in [0.29, 0.717) is 6.42 Å². The molecule has 4 nitrogen and oxygen atoms in total. The molecule has 1 rings (SSSR count). The fraction of sp³-hybridized carbons (Fsp3) is 0.625. The molecular formula is C8H13NO3. The van der Waals surface area contributed by atoms with Crippen molar-refractivity contribution < 1.29 is 14.6 Å². The van der Waals surface area contributed by atoms with Crippen LogP contribution in [0.25, 0.3) is 0 Å². The first kappa shape index (κ1) is 9.06. The van der Waals surface area contributed by atoms with Crippen LogP contribution in [0.4, 0.5) is 0 Å². The summed E-state index contributed by atoms with van der Waals surface area (Å²) < 4.78 is 4.90. The molecule has 0 saturated carbocycles. The van der Waals surface area contributed by atoms with Crippen molar-refractivity contribution in [3.05, 3.63) is 12.3 Å². The summed E-state index contributed by atoms with van der Waals surface area (Å²) in [5, 5.41) is 11.8. The molecule has 0 radical (unpaired) electrons. The van der Waals surface area contributed by atoms with Crippen molar-refractivity contribution in [1.82, 2.24) is 5.32 Å². The molecule has 0 saturated heterocycles. The van der Waals surface area contributed by atoms with Crippen molar-refractivity contribution in [1.29, 1.82) is 0 Å². The molecule has 1 aliphatic heterocycles. The van der Waals surface area contributed by atoms with Gasteiger partial charge in [0.1, 0.15) is 0 Å². The third kappa shape index (κ3) is 1.43. The lowest BCUT2D eigenvalue weighted by Gasteiger charge is -2.30. The van der Waals surface area contributed by atoms with Gasteiger partial charge in [-0.05, 0) is 19.5 Å². The molecule has 1 heterocycles. The monoisotopic (exact) mass is 171 g/mol. The number of nitrogens with one attached hydrogen (secondary N) is 1. The highest BCUT2D eigenvalue weighted by molar-refractivity contribution is 5.74. The van der Waals surface area contributed by atoms with E-state index in [1.807, 2.05) is 13.0 Å². The van der Waals surface area contributed by atoms with Crippen molar-refractivity contribution in [3.8, 4) is 0 Å². The Balaban J connectivity index is 2.71. The van der Waals surface area contributed by atoms with Crippen molar-refractivity contribution >= 4 is 5.97 Å². The van der Waals surface area contributed by atoms with E-state index in [0.717, 1.165) is 0 Å². The van der Waals surface area contributed by atoms with Gasteiger partial charge in [0, 0.05) is 7.11 Å². The number of ether oxygens (including phenoxy) is 1. The molecule has 1 unspecified atom stereocenters. The van der Waals surface area contributed by atoms with Gasteiger partial charge in [0.25, 0.3) is 0 Å². The maximum absolute atomic E-state index is 10.7. The minimum atomic E-state index is -0.934. The van der Waals surface area contributed by atoms with Crippen LogP contribution in [0.15, 0.2) is 12.3 Å². The van der Waals surface area contributed by atoms with Gasteiger partial charge in [-0.3, -0.25) is 0 Å². The van der Waals surface area contributed by atoms with Gasteiger partial charge in [0.15, 0.2) is 6.10 Å². The molecule has 4 heteroatoms. The molecule has 2 atom stereocenters. The van der Waals surface area contributed by atoms with E-state index in [9.17, 15) is 4.79 Å².